The number of nitrogens with two attached hydrogens (primary N) is 1. The van der Waals surface area contributed by atoms with Gasteiger partial charge in [-0.1, -0.05) is 12.1 Å². The average molecular weight is 213 g/mol. The molecule has 0 bridgehead atoms. The highest BCUT2D eigenvalue weighted by atomic mass is 14.8. The Morgan fingerprint density at radius 2 is 1.94 bits per heavy atom. The summed E-state index contributed by atoms with van der Waals surface area (Å²) in [5, 5.41) is 0. The number of pyridine rings is 2. The van der Waals surface area contributed by atoms with Gasteiger partial charge in [-0.15, -0.1) is 0 Å². The molecule has 1 unspecified atom stereocenters. The fourth-order valence-electron chi connectivity index (χ4n) is 1.73. The van der Waals surface area contributed by atoms with Crippen molar-refractivity contribution in [3.05, 3.63) is 59.7 Å². The zero-order valence-corrected chi connectivity index (χ0v) is 9.30. The lowest BCUT2D eigenvalue weighted by Gasteiger charge is -2.12. The van der Waals surface area contributed by atoms with E-state index in [0.29, 0.717) is 0 Å². The molecule has 82 valence electrons. The Bertz CT molecular complexity index is 454. The topological polar surface area (TPSA) is 51.8 Å². The van der Waals surface area contributed by atoms with Gasteiger partial charge in [0.1, 0.15) is 0 Å². The maximum atomic E-state index is 6.13. The number of aromatic nitrogens is 2. The maximum Gasteiger partial charge on any atom is 0.0604 e. The molecular weight excluding hydrogens is 198 g/mol. The molecule has 3 heteroatoms. The zero-order chi connectivity index (χ0) is 11.4. The van der Waals surface area contributed by atoms with Crippen molar-refractivity contribution in [2.24, 2.45) is 5.73 Å². The molecule has 0 fully saturated rings. The summed E-state index contributed by atoms with van der Waals surface area (Å²) < 4.78 is 0. The van der Waals surface area contributed by atoms with Gasteiger partial charge in [-0.25, -0.2) is 0 Å². The fraction of sp³-hybridized carbons (Fsp3) is 0.231. The molecule has 0 radical (unpaired) electrons. The van der Waals surface area contributed by atoms with E-state index in [1.54, 1.807) is 12.4 Å². The van der Waals surface area contributed by atoms with Crippen LogP contribution in [0.5, 0.6) is 0 Å². The van der Waals surface area contributed by atoms with Gasteiger partial charge in [0.2, 0.25) is 0 Å². The van der Waals surface area contributed by atoms with Crippen LogP contribution in [0.2, 0.25) is 0 Å². The van der Waals surface area contributed by atoms with E-state index in [4.69, 9.17) is 5.73 Å². The maximum absolute atomic E-state index is 6.13. The van der Waals surface area contributed by atoms with Crippen LogP contribution >= 0.6 is 0 Å². The van der Waals surface area contributed by atoms with Crippen molar-refractivity contribution in [2.75, 3.05) is 0 Å². The highest BCUT2D eigenvalue weighted by Gasteiger charge is 2.11. The summed E-state index contributed by atoms with van der Waals surface area (Å²) in [4.78, 5) is 8.59. The van der Waals surface area contributed by atoms with Crippen LogP contribution in [0.1, 0.15) is 23.0 Å². The Hall–Kier alpha value is -1.74. The molecule has 0 saturated heterocycles. The number of hydrogen-bond acceptors (Lipinski definition) is 3. The second-order valence-electron chi connectivity index (χ2n) is 3.84. The minimum absolute atomic E-state index is 0.0869. The molecule has 2 N–H and O–H groups in total. The minimum atomic E-state index is -0.0869. The highest BCUT2D eigenvalue weighted by Crippen LogP contribution is 2.15. The molecule has 2 aromatic heterocycles. The smallest absolute Gasteiger partial charge is 0.0604 e. The highest BCUT2D eigenvalue weighted by molar-refractivity contribution is 5.22. The summed E-state index contributed by atoms with van der Waals surface area (Å²) in [6, 6.07) is 9.73. The van der Waals surface area contributed by atoms with E-state index in [1.165, 1.54) is 0 Å². The van der Waals surface area contributed by atoms with E-state index in [-0.39, 0.29) is 6.04 Å². The van der Waals surface area contributed by atoms with Crippen LogP contribution in [0.15, 0.2) is 42.7 Å². The summed E-state index contributed by atoms with van der Waals surface area (Å²) in [5.74, 6) is 0. The standard InChI is InChI=1S/C13H15N3/c1-10-5-4-8-16-13(10)12(14)9-11-6-2-3-7-15-11/h2-8,12H,9,14H2,1H3. The van der Waals surface area contributed by atoms with Crippen LogP contribution in [-0.2, 0) is 6.42 Å². The zero-order valence-electron chi connectivity index (χ0n) is 9.30. The Labute approximate surface area is 95.4 Å². The fourth-order valence-corrected chi connectivity index (χ4v) is 1.73. The van der Waals surface area contributed by atoms with Gasteiger partial charge in [-0.3, -0.25) is 9.97 Å². The summed E-state index contributed by atoms with van der Waals surface area (Å²) >= 11 is 0. The summed E-state index contributed by atoms with van der Waals surface area (Å²) in [7, 11) is 0. The van der Waals surface area contributed by atoms with Crippen molar-refractivity contribution in [3.63, 3.8) is 0 Å². The molecule has 2 rings (SSSR count). The minimum Gasteiger partial charge on any atom is -0.322 e. The van der Waals surface area contributed by atoms with Crippen molar-refractivity contribution in [1.29, 1.82) is 0 Å². The molecule has 1 atom stereocenters. The normalized spacial score (nSPS) is 12.4. The molecular formula is C13H15N3. The Morgan fingerprint density at radius 1 is 1.12 bits per heavy atom. The molecule has 2 aromatic rings. The third-order valence-electron chi connectivity index (χ3n) is 2.56. The van der Waals surface area contributed by atoms with Gasteiger partial charge < -0.3 is 5.73 Å². The number of nitrogens with zero attached hydrogens (tertiary/aromatic N) is 2. The summed E-state index contributed by atoms with van der Waals surface area (Å²) in [5.41, 5.74) is 9.21. The molecule has 0 aliphatic rings. The lowest BCUT2D eigenvalue weighted by Crippen LogP contribution is -2.16. The van der Waals surface area contributed by atoms with Gasteiger partial charge in [0.25, 0.3) is 0 Å². The van der Waals surface area contributed by atoms with Crippen LogP contribution in [0.25, 0.3) is 0 Å². The van der Waals surface area contributed by atoms with E-state index < -0.39 is 0 Å². The molecule has 2 heterocycles. The first kappa shape index (κ1) is 10.8. The van der Waals surface area contributed by atoms with Gasteiger partial charge >= 0.3 is 0 Å². The van der Waals surface area contributed by atoms with Crippen LogP contribution in [-0.4, -0.2) is 9.97 Å². The van der Waals surface area contributed by atoms with Gasteiger partial charge in [0.05, 0.1) is 11.7 Å². The predicted molar refractivity (Wildman–Crippen MR) is 63.8 cm³/mol. The van der Waals surface area contributed by atoms with Gasteiger partial charge in [0.15, 0.2) is 0 Å². The third-order valence-corrected chi connectivity index (χ3v) is 2.56. The first-order chi connectivity index (χ1) is 7.77. The summed E-state index contributed by atoms with van der Waals surface area (Å²) in [6.45, 7) is 2.03. The second-order valence-corrected chi connectivity index (χ2v) is 3.84. The summed E-state index contributed by atoms with van der Waals surface area (Å²) in [6.07, 6.45) is 4.28. The van der Waals surface area contributed by atoms with Crippen molar-refractivity contribution in [3.8, 4) is 0 Å². The lowest BCUT2D eigenvalue weighted by molar-refractivity contribution is 0.678. The molecule has 16 heavy (non-hydrogen) atoms. The van der Waals surface area contributed by atoms with E-state index in [9.17, 15) is 0 Å². The van der Waals surface area contributed by atoms with Gasteiger partial charge in [-0.2, -0.15) is 0 Å². The molecule has 0 aromatic carbocycles. The third kappa shape index (κ3) is 2.44. The second kappa shape index (κ2) is 4.86. The largest absolute Gasteiger partial charge is 0.322 e. The molecule has 0 amide bonds. The molecule has 3 nitrogen and oxygen atoms in total. The molecule has 0 aliphatic heterocycles. The van der Waals surface area contributed by atoms with Crippen molar-refractivity contribution >= 4 is 0 Å². The molecule has 0 saturated carbocycles. The first-order valence-electron chi connectivity index (χ1n) is 5.34. The molecule has 0 aliphatic carbocycles. The lowest BCUT2D eigenvalue weighted by atomic mass is 10.0. The monoisotopic (exact) mass is 213 g/mol. The van der Waals surface area contributed by atoms with Gasteiger partial charge in [-0.05, 0) is 30.7 Å². The van der Waals surface area contributed by atoms with E-state index in [2.05, 4.69) is 9.97 Å². The van der Waals surface area contributed by atoms with Crippen molar-refractivity contribution < 1.29 is 0 Å². The van der Waals surface area contributed by atoms with Crippen LogP contribution in [0.3, 0.4) is 0 Å². The number of rotatable bonds is 3. The number of aryl methyl sites for hydroxylation is 1. The molecule has 0 spiro atoms. The van der Waals surface area contributed by atoms with Crippen molar-refractivity contribution in [1.82, 2.24) is 9.97 Å². The SMILES string of the molecule is Cc1cccnc1C(N)Cc1ccccn1. The number of hydrogen-bond donors (Lipinski definition) is 1. The van der Waals surface area contributed by atoms with E-state index in [1.807, 2.05) is 37.3 Å². The van der Waals surface area contributed by atoms with E-state index >= 15 is 0 Å². The first-order valence-corrected chi connectivity index (χ1v) is 5.34. The quantitative estimate of drug-likeness (QED) is 0.848. The predicted octanol–water partition coefficient (Wildman–Crippen LogP) is 2.03. The van der Waals surface area contributed by atoms with Crippen LogP contribution in [0.4, 0.5) is 0 Å². The van der Waals surface area contributed by atoms with E-state index in [0.717, 1.165) is 23.4 Å². The Morgan fingerprint density at radius 3 is 2.62 bits per heavy atom. The Balaban J connectivity index is 2.15. The van der Waals surface area contributed by atoms with Crippen LogP contribution < -0.4 is 5.73 Å². The van der Waals surface area contributed by atoms with Crippen LogP contribution in [0, 0.1) is 6.92 Å². The Kier molecular flexibility index (Phi) is 3.27. The average Bonchev–Trinajstić information content (AvgIpc) is 2.31. The van der Waals surface area contributed by atoms with Crippen molar-refractivity contribution in [2.45, 2.75) is 19.4 Å². The van der Waals surface area contributed by atoms with Gasteiger partial charge in [0, 0.05) is 24.5 Å².